The maximum Gasteiger partial charge on any atom is 0.316 e. The van der Waals surface area contributed by atoms with Gasteiger partial charge in [-0.3, -0.25) is 4.98 Å². The zero-order valence-electron chi connectivity index (χ0n) is 16.8. The molecule has 5 rings (SSSR count). The van der Waals surface area contributed by atoms with E-state index in [1.54, 1.807) is 12.4 Å². The van der Waals surface area contributed by atoms with Crippen molar-refractivity contribution in [3.8, 4) is 28.6 Å². The lowest BCUT2D eigenvalue weighted by Gasteiger charge is -2.09. The van der Waals surface area contributed by atoms with Crippen molar-refractivity contribution in [3.05, 3.63) is 36.8 Å². The Labute approximate surface area is 173 Å². The van der Waals surface area contributed by atoms with Crippen molar-refractivity contribution in [1.82, 2.24) is 30.5 Å². The van der Waals surface area contributed by atoms with E-state index in [2.05, 4.69) is 35.8 Å². The molecule has 0 amide bonds. The first kappa shape index (κ1) is 18.6. The molecule has 0 radical (unpaired) electrons. The van der Waals surface area contributed by atoms with Gasteiger partial charge in [-0.25, -0.2) is 4.98 Å². The van der Waals surface area contributed by atoms with Crippen molar-refractivity contribution >= 4 is 16.9 Å². The number of benzene rings is 1. The molecular formula is C21H23N7O2. The first-order valence-corrected chi connectivity index (χ1v) is 10.1. The minimum absolute atomic E-state index is 0.0358. The van der Waals surface area contributed by atoms with Crippen LogP contribution in [0.5, 0.6) is 5.88 Å². The highest BCUT2D eigenvalue weighted by Crippen LogP contribution is 2.32. The number of nitrogens with zero attached hydrogens (tertiary/aromatic N) is 4. The average Bonchev–Trinajstić information content (AvgIpc) is 3.48. The normalized spacial score (nSPS) is 16.4. The van der Waals surface area contributed by atoms with E-state index >= 15 is 0 Å². The van der Waals surface area contributed by atoms with Gasteiger partial charge in [-0.1, -0.05) is 11.2 Å². The predicted octanol–water partition coefficient (Wildman–Crippen LogP) is 3.24. The summed E-state index contributed by atoms with van der Waals surface area (Å²) in [5.41, 5.74) is 3.49. The Balaban J connectivity index is 1.46. The standard InChI is InChI=1S/C21H23N7O2/c1-12(2)29-19-11-23-10-18(26-19)13-3-4-17-15(7-13)16(9-24-17)20-27-28-21(30-20)25-14-5-6-22-8-14/h3-4,7,9-12,14,22,24H,5-6,8H2,1-2H3,(H,25,28)/t14-/m0/s1. The number of hydrogen-bond acceptors (Lipinski definition) is 8. The third-order valence-corrected chi connectivity index (χ3v) is 4.99. The van der Waals surface area contributed by atoms with E-state index < -0.39 is 0 Å². The second-order valence-electron chi connectivity index (χ2n) is 7.62. The zero-order valence-corrected chi connectivity index (χ0v) is 16.8. The van der Waals surface area contributed by atoms with Gasteiger partial charge >= 0.3 is 6.01 Å². The minimum Gasteiger partial charge on any atom is -0.474 e. The molecule has 1 saturated heterocycles. The summed E-state index contributed by atoms with van der Waals surface area (Å²) >= 11 is 0. The summed E-state index contributed by atoms with van der Waals surface area (Å²) in [5, 5.41) is 16.0. The van der Waals surface area contributed by atoms with Crippen molar-refractivity contribution in [3.63, 3.8) is 0 Å². The van der Waals surface area contributed by atoms with Gasteiger partial charge in [-0.15, -0.1) is 5.10 Å². The largest absolute Gasteiger partial charge is 0.474 e. The van der Waals surface area contributed by atoms with Crippen LogP contribution in [0.4, 0.5) is 6.01 Å². The van der Waals surface area contributed by atoms with Crippen molar-refractivity contribution in [2.24, 2.45) is 0 Å². The van der Waals surface area contributed by atoms with Crippen molar-refractivity contribution < 1.29 is 9.15 Å². The molecule has 0 bridgehead atoms. The SMILES string of the molecule is CC(C)Oc1cncc(-c2ccc3[nH]cc(-c4nnc(N[C@H]5CCNC5)o4)c3c2)n1. The molecule has 0 unspecified atom stereocenters. The van der Waals surface area contributed by atoms with Crippen LogP contribution in [0.25, 0.3) is 33.6 Å². The van der Waals surface area contributed by atoms with Gasteiger partial charge in [0, 0.05) is 35.2 Å². The Morgan fingerprint density at radius 1 is 1.23 bits per heavy atom. The zero-order chi connectivity index (χ0) is 20.5. The first-order chi connectivity index (χ1) is 14.7. The highest BCUT2D eigenvalue weighted by atomic mass is 16.5. The summed E-state index contributed by atoms with van der Waals surface area (Å²) in [5.74, 6) is 0.973. The van der Waals surface area contributed by atoms with Crippen molar-refractivity contribution in [1.29, 1.82) is 0 Å². The third kappa shape index (κ3) is 3.71. The van der Waals surface area contributed by atoms with Crippen LogP contribution >= 0.6 is 0 Å². The van der Waals surface area contributed by atoms with Gasteiger partial charge in [0.2, 0.25) is 5.88 Å². The molecule has 4 aromatic rings. The number of nitrogens with one attached hydrogen (secondary N) is 3. The number of aromatic nitrogens is 5. The van der Waals surface area contributed by atoms with E-state index in [1.165, 1.54) is 0 Å². The number of hydrogen-bond donors (Lipinski definition) is 3. The second-order valence-corrected chi connectivity index (χ2v) is 7.62. The van der Waals surface area contributed by atoms with Crippen molar-refractivity contribution in [2.45, 2.75) is 32.4 Å². The fourth-order valence-corrected chi connectivity index (χ4v) is 3.59. The molecule has 1 atom stereocenters. The molecule has 0 saturated carbocycles. The van der Waals surface area contributed by atoms with E-state index in [4.69, 9.17) is 9.15 Å². The molecule has 1 fully saturated rings. The fraction of sp³-hybridized carbons (Fsp3) is 0.333. The number of ether oxygens (including phenoxy) is 1. The average molecular weight is 405 g/mol. The maximum atomic E-state index is 5.88. The van der Waals surface area contributed by atoms with Crippen LogP contribution < -0.4 is 15.4 Å². The molecule has 1 aromatic carbocycles. The number of fused-ring (bicyclic) bond motifs is 1. The molecule has 9 heteroatoms. The van der Waals surface area contributed by atoms with E-state index in [0.717, 1.165) is 47.2 Å². The number of rotatable bonds is 6. The van der Waals surface area contributed by atoms with Gasteiger partial charge in [0.05, 0.1) is 29.8 Å². The summed E-state index contributed by atoms with van der Waals surface area (Å²) in [6, 6.07) is 6.80. The van der Waals surface area contributed by atoms with Gasteiger partial charge < -0.3 is 24.8 Å². The van der Waals surface area contributed by atoms with Gasteiger partial charge in [-0.05, 0) is 38.9 Å². The molecule has 1 aliphatic heterocycles. The molecule has 154 valence electrons. The Morgan fingerprint density at radius 3 is 3.00 bits per heavy atom. The van der Waals surface area contributed by atoms with Crippen molar-refractivity contribution in [2.75, 3.05) is 18.4 Å². The third-order valence-electron chi connectivity index (χ3n) is 4.99. The fourth-order valence-electron chi connectivity index (χ4n) is 3.59. The lowest BCUT2D eigenvalue weighted by Crippen LogP contribution is -2.22. The van der Waals surface area contributed by atoms with Gasteiger partial charge in [-0.2, -0.15) is 0 Å². The molecule has 9 nitrogen and oxygen atoms in total. The lowest BCUT2D eigenvalue weighted by molar-refractivity contribution is 0.232. The predicted molar refractivity (Wildman–Crippen MR) is 113 cm³/mol. The number of aromatic amines is 1. The number of anilines is 1. The van der Waals surface area contributed by atoms with Crippen LogP contribution in [0, 0.1) is 0 Å². The topological polar surface area (TPSA) is 114 Å². The quantitative estimate of drug-likeness (QED) is 0.448. The molecule has 3 N–H and O–H groups in total. The molecular weight excluding hydrogens is 382 g/mol. The smallest absolute Gasteiger partial charge is 0.316 e. The molecule has 4 heterocycles. The highest BCUT2D eigenvalue weighted by Gasteiger charge is 2.19. The maximum absolute atomic E-state index is 5.88. The summed E-state index contributed by atoms with van der Waals surface area (Å²) in [6.07, 6.45) is 6.30. The Hall–Kier alpha value is -3.46. The van der Waals surface area contributed by atoms with Gasteiger partial charge in [0.15, 0.2) is 0 Å². The van der Waals surface area contributed by atoms with Gasteiger partial charge in [0.1, 0.15) is 0 Å². The van der Waals surface area contributed by atoms with Crippen LogP contribution in [0.3, 0.4) is 0 Å². The Morgan fingerprint density at radius 2 is 2.17 bits per heavy atom. The molecule has 0 aliphatic carbocycles. The second kappa shape index (κ2) is 7.75. The molecule has 3 aromatic heterocycles. The molecule has 30 heavy (non-hydrogen) atoms. The van der Waals surface area contributed by atoms with Gasteiger partial charge in [0.25, 0.3) is 5.89 Å². The minimum atomic E-state index is 0.0358. The van der Waals surface area contributed by atoms with Crippen LogP contribution in [-0.2, 0) is 0 Å². The van der Waals surface area contributed by atoms with Crippen LogP contribution in [0.1, 0.15) is 20.3 Å². The first-order valence-electron chi connectivity index (χ1n) is 10.1. The lowest BCUT2D eigenvalue weighted by atomic mass is 10.1. The van der Waals surface area contributed by atoms with Crippen LogP contribution in [0.2, 0.25) is 0 Å². The monoisotopic (exact) mass is 405 g/mol. The highest BCUT2D eigenvalue weighted by molar-refractivity contribution is 5.96. The molecule has 0 spiro atoms. The summed E-state index contributed by atoms with van der Waals surface area (Å²) in [6.45, 7) is 5.82. The number of H-pyrrole nitrogens is 1. The summed E-state index contributed by atoms with van der Waals surface area (Å²) in [4.78, 5) is 12.1. The van der Waals surface area contributed by atoms with E-state index in [1.807, 2.05) is 38.2 Å². The van der Waals surface area contributed by atoms with Crippen LogP contribution in [0.15, 0.2) is 41.2 Å². The summed E-state index contributed by atoms with van der Waals surface area (Å²) < 4.78 is 11.6. The Bertz CT molecular complexity index is 1160. The summed E-state index contributed by atoms with van der Waals surface area (Å²) in [7, 11) is 0. The Kier molecular flexibility index (Phi) is 4.80. The van der Waals surface area contributed by atoms with Crippen LogP contribution in [-0.4, -0.2) is 50.4 Å². The van der Waals surface area contributed by atoms with E-state index in [0.29, 0.717) is 23.8 Å². The molecule has 1 aliphatic rings. The van der Waals surface area contributed by atoms with E-state index in [9.17, 15) is 0 Å². The van der Waals surface area contributed by atoms with E-state index in [-0.39, 0.29) is 6.10 Å².